The number of hydrogen-bond donors (Lipinski definition) is 2. The molecule has 0 aliphatic carbocycles. The average Bonchev–Trinajstić information content (AvgIpc) is 2.93. The summed E-state index contributed by atoms with van der Waals surface area (Å²) in [6.07, 6.45) is 3.63. The molecule has 0 aliphatic rings. The van der Waals surface area contributed by atoms with Crippen LogP contribution in [0.5, 0.6) is 0 Å². The van der Waals surface area contributed by atoms with E-state index in [2.05, 4.69) is 74.2 Å². The first-order chi connectivity index (χ1) is 11.2. The van der Waals surface area contributed by atoms with Crippen LogP contribution in [-0.4, -0.2) is 28.7 Å². The lowest BCUT2D eigenvalue weighted by atomic mass is 9.97. The van der Waals surface area contributed by atoms with Gasteiger partial charge in [0.2, 0.25) is 5.89 Å². The van der Waals surface area contributed by atoms with E-state index in [4.69, 9.17) is 4.52 Å². The van der Waals surface area contributed by atoms with Crippen LogP contribution in [0.4, 0.5) is 0 Å². The third kappa shape index (κ3) is 10.0. The molecule has 0 radical (unpaired) electrons. The van der Waals surface area contributed by atoms with Gasteiger partial charge in [-0.15, -0.1) is 24.0 Å². The lowest BCUT2D eigenvalue weighted by molar-refractivity contribution is 0.318. The third-order valence-corrected chi connectivity index (χ3v) is 3.63. The van der Waals surface area contributed by atoms with Gasteiger partial charge in [-0.1, -0.05) is 52.6 Å². The van der Waals surface area contributed by atoms with Gasteiger partial charge in [-0.3, -0.25) is 0 Å². The Balaban J connectivity index is 0.00000576. The maximum Gasteiger partial charge on any atom is 0.232 e. The molecule has 1 aromatic heterocycles. The van der Waals surface area contributed by atoms with Crippen LogP contribution >= 0.6 is 24.0 Å². The Morgan fingerprint density at radius 3 is 2.40 bits per heavy atom. The second-order valence-corrected chi connectivity index (χ2v) is 7.83. The highest BCUT2D eigenvalue weighted by Gasteiger charge is 2.21. The molecule has 0 fully saturated rings. The molecular weight excluding hydrogens is 429 g/mol. The van der Waals surface area contributed by atoms with E-state index in [1.807, 2.05) is 0 Å². The van der Waals surface area contributed by atoms with Crippen molar-refractivity contribution >= 4 is 29.9 Å². The minimum Gasteiger partial charge on any atom is -0.357 e. The number of guanidine groups is 1. The van der Waals surface area contributed by atoms with Crippen molar-refractivity contribution < 1.29 is 4.52 Å². The van der Waals surface area contributed by atoms with Crippen molar-refractivity contribution in [3.63, 3.8) is 0 Å². The van der Waals surface area contributed by atoms with Crippen LogP contribution in [0.15, 0.2) is 9.52 Å². The van der Waals surface area contributed by atoms with Crippen LogP contribution in [0.3, 0.4) is 0 Å². The Bertz CT molecular complexity index is 508. The quantitative estimate of drug-likeness (QED) is 0.341. The van der Waals surface area contributed by atoms with Crippen LogP contribution in [0.2, 0.25) is 0 Å². The molecule has 1 unspecified atom stereocenters. The Morgan fingerprint density at radius 2 is 1.88 bits per heavy atom. The van der Waals surface area contributed by atoms with Crippen molar-refractivity contribution in [2.45, 2.75) is 85.7 Å². The summed E-state index contributed by atoms with van der Waals surface area (Å²) in [5, 5.41) is 10.7. The van der Waals surface area contributed by atoms with Crippen molar-refractivity contribution in [2.24, 2.45) is 10.9 Å². The molecule has 7 heteroatoms. The van der Waals surface area contributed by atoms with Crippen molar-refractivity contribution in [3.05, 3.63) is 11.7 Å². The minimum atomic E-state index is -0.136. The fraction of sp³-hybridized carbons (Fsp3) is 0.833. The predicted molar refractivity (Wildman–Crippen MR) is 115 cm³/mol. The summed E-state index contributed by atoms with van der Waals surface area (Å²) in [5.41, 5.74) is -0.136. The first-order valence-electron chi connectivity index (χ1n) is 9.10. The lowest BCUT2D eigenvalue weighted by Crippen LogP contribution is -2.42. The van der Waals surface area contributed by atoms with Gasteiger partial charge in [0.05, 0.1) is 0 Å². The minimum absolute atomic E-state index is 0. The van der Waals surface area contributed by atoms with E-state index in [9.17, 15) is 0 Å². The number of hydrogen-bond acceptors (Lipinski definition) is 4. The van der Waals surface area contributed by atoms with Gasteiger partial charge in [0.1, 0.15) is 6.54 Å². The molecule has 1 atom stereocenters. The number of nitrogens with zero attached hydrogens (tertiary/aromatic N) is 3. The highest BCUT2D eigenvalue weighted by atomic mass is 127. The van der Waals surface area contributed by atoms with Crippen LogP contribution in [0, 0.1) is 5.92 Å². The van der Waals surface area contributed by atoms with Gasteiger partial charge in [-0.05, 0) is 26.2 Å². The fourth-order valence-electron chi connectivity index (χ4n) is 2.23. The molecule has 1 rings (SSSR count). The molecule has 146 valence electrons. The molecule has 0 saturated carbocycles. The number of rotatable bonds is 8. The monoisotopic (exact) mass is 465 g/mol. The van der Waals surface area contributed by atoms with E-state index in [0.29, 0.717) is 24.3 Å². The lowest BCUT2D eigenvalue weighted by Gasteiger charge is -2.18. The first-order valence-corrected chi connectivity index (χ1v) is 9.10. The Labute approximate surface area is 170 Å². The smallest absolute Gasteiger partial charge is 0.232 e. The summed E-state index contributed by atoms with van der Waals surface area (Å²) < 4.78 is 5.31. The van der Waals surface area contributed by atoms with Gasteiger partial charge in [0.25, 0.3) is 0 Å². The Morgan fingerprint density at radius 1 is 1.20 bits per heavy atom. The Hall–Kier alpha value is -0.860. The summed E-state index contributed by atoms with van der Waals surface area (Å²) >= 11 is 0. The third-order valence-electron chi connectivity index (χ3n) is 3.63. The summed E-state index contributed by atoms with van der Waals surface area (Å²) in [5.74, 6) is 2.82. The molecule has 0 aromatic carbocycles. The first kappa shape index (κ1) is 24.1. The zero-order chi connectivity index (χ0) is 18.2. The molecule has 25 heavy (non-hydrogen) atoms. The second kappa shape index (κ2) is 11.7. The van der Waals surface area contributed by atoms with E-state index in [1.165, 1.54) is 12.8 Å². The second-order valence-electron chi connectivity index (χ2n) is 7.83. The molecule has 2 N–H and O–H groups in total. The van der Waals surface area contributed by atoms with Gasteiger partial charge >= 0.3 is 0 Å². The fourth-order valence-corrected chi connectivity index (χ4v) is 2.23. The summed E-state index contributed by atoms with van der Waals surface area (Å²) in [7, 11) is 0. The van der Waals surface area contributed by atoms with Crippen molar-refractivity contribution in [3.8, 4) is 0 Å². The topological polar surface area (TPSA) is 75.3 Å². The van der Waals surface area contributed by atoms with E-state index in [1.54, 1.807) is 0 Å². The number of aromatic nitrogens is 2. The van der Waals surface area contributed by atoms with E-state index in [-0.39, 0.29) is 29.4 Å². The van der Waals surface area contributed by atoms with Crippen molar-refractivity contribution in [2.75, 3.05) is 6.54 Å². The normalized spacial score (nSPS) is 13.5. The summed E-state index contributed by atoms with van der Waals surface area (Å²) in [6, 6.07) is 0.386. The van der Waals surface area contributed by atoms with Crippen LogP contribution in [0.25, 0.3) is 0 Å². The SMILES string of the molecule is CCNC(=NCc1noc(C(C)(C)C)n1)NC(C)CCCC(C)C.I. The van der Waals surface area contributed by atoms with Crippen molar-refractivity contribution in [1.29, 1.82) is 0 Å². The standard InChI is InChI=1S/C18H35N5O.HI/c1-8-19-17(21-14(4)11-9-10-13(2)3)20-12-15-22-16(24-23-15)18(5,6)7;/h13-14H,8-12H2,1-7H3,(H2,19,20,21);1H. The predicted octanol–water partition coefficient (Wildman–Crippen LogP) is 4.26. The molecule has 1 aromatic rings. The zero-order valence-corrected chi connectivity index (χ0v) is 19.2. The maximum absolute atomic E-state index is 5.31. The number of halogens is 1. The maximum atomic E-state index is 5.31. The highest BCUT2D eigenvalue weighted by molar-refractivity contribution is 14.0. The van der Waals surface area contributed by atoms with Gasteiger partial charge in [-0.2, -0.15) is 4.98 Å². The van der Waals surface area contributed by atoms with Crippen LogP contribution in [-0.2, 0) is 12.0 Å². The summed E-state index contributed by atoms with van der Waals surface area (Å²) in [4.78, 5) is 8.99. The van der Waals surface area contributed by atoms with Gasteiger partial charge < -0.3 is 15.2 Å². The molecule has 0 spiro atoms. The van der Waals surface area contributed by atoms with Crippen LogP contribution in [0.1, 0.15) is 79.4 Å². The molecule has 6 nitrogen and oxygen atoms in total. The van der Waals surface area contributed by atoms with E-state index >= 15 is 0 Å². The molecule has 0 saturated heterocycles. The number of aliphatic imine (C=N–C) groups is 1. The van der Waals surface area contributed by atoms with Crippen LogP contribution < -0.4 is 10.6 Å². The largest absolute Gasteiger partial charge is 0.357 e. The molecule has 0 bridgehead atoms. The summed E-state index contributed by atoms with van der Waals surface area (Å²) in [6.45, 7) is 16.2. The van der Waals surface area contributed by atoms with E-state index < -0.39 is 0 Å². The van der Waals surface area contributed by atoms with Gasteiger partial charge in [-0.25, -0.2) is 4.99 Å². The molecule has 0 amide bonds. The van der Waals surface area contributed by atoms with Crippen molar-refractivity contribution in [1.82, 2.24) is 20.8 Å². The average molecular weight is 465 g/mol. The van der Waals surface area contributed by atoms with Gasteiger partial charge in [0, 0.05) is 18.0 Å². The van der Waals surface area contributed by atoms with E-state index in [0.717, 1.165) is 24.8 Å². The molecule has 1 heterocycles. The Kier molecular flexibility index (Phi) is 11.3. The number of nitrogens with one attached hydrogen (secondary N) is 2. The highest BCUT2D eigenvalue weighted by Crippen LogP contribution is 2.19. The zero-order valence-electron chi connectivity index (χ0n) is 16.8. The van der Waals surface area contributed by atoms with Gasteiger partial charge in [0.15, 0.2) is 11.8 Å². The molecule has 0 aliphatic heterocycles. The molecular formula is C18H36IN5O.